The largest absolute Gasteiger partial charge is 0.416 e. The van der Waals surface area contributed by atoms with Gasteiger partial charge in [-0.05, 0) is 36.1 Å². The Morgan fingerprint density at radius 1 is 1.28 bits per heavy atom. The molecule has 1 aromatic carbocycles. The van der Waals surface area contributed by atoms with Crippen molar-refractivity contribution in [2.24, 2.45) is 0 Å². The van der Waals surface area contributed by atoms with Crippen molar-refractivity contribution in [2.75, 3.05) is 5.32 Å². The van der Waals surface area contributed by atoms with E-state index in [1.165, 1.54) is 28.4 Å². The normalized spacial score (nSPS) is 17.8. The summed E-state index contributed by atoms with van der Waals surface area (Å²) in [5, 5.41) is 4.38. The standard InChI is InChI=1S/C17H15F3N2O2S/c18-17(19,20)11-3-1-4-12(9-11)21-16(24)14-6-7-15(23)22(14)10-13-5-2-8-25-13/h1-5,8-9,14H,6-7,10H2,(H,21,24)/t14-/m1/s1. The average molecular weight is 368 g/mol. The van der Waals surface area contributed by atoms with Gasteiger partial charge in [0.15, 0.2) is 0 Å². The van der Waals surface area contributed by atoms with Crippen molar-refractivity contribution in [3.63, 3.8) is 0 Å². The predicted molar refractivity (Wildman–Crippen MR) is 88.0 cm³/mol. The monoisotopic (exact) mass is 368 g/mol. The van der Waals surface area contributed by atoms with Crippen LogP contribution in [-0.2, 0) is 22.3 Å². The Bertz CT molecular complexity index is 774. The van der Waals surface area contributed by atoms with Crippen molar-refractivity contribution < 1.29 is 22.8 Å². The smallest absolute Gasteiger partial charge is 0.326 e. The van der Waals surface area contributed by atoms with Gasteiger partial charge >= 0.3 is 6.18 Å². The minimum atomic E-state index is -4.48. The van der Waals surface area contributed by atoms with Gasteiger partial charge in [0.1, 0.15) is 6.04 Å². The van der Waals surface area contributed by atoms with Crippen LogP contribution in [0.3, 0.4) is 0 Å². The van der Waals surface area contributed by atoms with Crippen molar-refractivity contribution >= 4 is 28.8 Å². The number of thiophene rings is 1. The molecule has 132 valence electrons. The summed E-state index contributed by atoms with van der Waals surface area (Å²) in [7, 11) is 0. The van der Waals surface area contributed by atoms with Crippen molar-refractivity contribution in [3.05, 3.63) is 52.2 Å². The number of benzene rings is 1. The molecule has 0 aliphatic carbocycles. The third-order valence-corrected chi connectivity index (χ3v) is 4.86. The highest BCUT2D eigenvalue weighted by Gasteiger charge is 2.36. The molecule has 1 aromatic heterocycles. The van der Waals surface area contributed by atoms with E-state index in [0.29, 0.717) is 13.0 Å². The molecular formula is C17H15F3N2O2S. The lowest BCUT2D eigenvalue weighted by molar-refractivity contribution is -0.137. The molecule has 25 heavy (non-hydrogen) atoms. The zero-order valence-electron chi connectivity index (χ0n) is 13.0. The van der Waals surface area contributed by atoms with Gasteiger partial charge < -0.3 is 10.2 Å². The second-order valence-electron chi connectivity index (χ2n) is 5.72. The molecule has 4 nitrogen and oxygen atoms in total. The first kappa shape index (κ1) is 17.5. The van der Waals surface area contributed by atoms with Gasteiger partial charge in [0.25, 0.3) is 0 Å². The van der Waals surface area contributed by atoms with Crippen LogP contribution < -0.4 is 5.32 Å². The number of carbonyl (C=O) groups excluding carboxylic acids is 2. The Hall–Kier alpha value is -2.35. The molecule has 0 spiro atoms. The molecular weight excluding hydrogens is 353 g/mol. The van der Waals surface area contributed by atoms with Gasteiger partial charge in [0, 0.05) is 17.0 Å². The molecule has 1 fully saturated rings. The number of carbonyl (C=O) groups is 2. The van der Waals surface area contributed by atoms with Gasteiger partial charge in [-0.3, -0.25) is 9.59 Å². The molecule has 0 saturated carbocycles. The highest BCUT2D eigenvalue weighted by molar-refractivity contribution is 7.09. The van der Waals surface area contributed by atoms with Crippen molar-refractivity contribution in [1.82, 2.24) is 4.90 Å². The fourth-order valence-electron chi connectivity index (χ4n) is 2.77. The Morgan fingerprint density at radius 2 is 2.08 bits per heavy atom. The fraction of sp³-hybridized carbons (Fsp3) is 0.294. The Labute approximate surface area is 146 Å². The Morgan fingerprint density at radius 3 is 2.76 bits per heavy atom. The lowest BCUT2D eigenvalue weighted by atomic mass is 10.1. The summed E-state index contributed by atoms with van der Waals surface area (Å²) in [5.74, 6) is -0.598. The van der Waals surface area contributed by atoms with E-state index in [-0.39, 0.29) is 18.0 Å². The highest BCUT2D eigenvalue weighted by atomic mass is 32.1. The molecule has 1 aliphatic rings. The SMILES string of the molecule is O=C(Nc1cccc(C(F)(F)F)c1)[C@H]1CCC(=O)N1Cc1cccs1. The van der Waals surface area contributed by atoms with Gasteiger partial charge in [-0.2, -0.15) is 13.2 Å². The van der Waals surface area contributed by atoms with Crippen LogP contribution in [0, 0.1) is 0 Å². The van der Waals surface area contributed by atoms with E-state index in [2.05, 4.69) is 5.32 Å². The first-order valence-electron chi connectivity index (χ1n) is 7.64. The van der Waals surface area contributed by atoms with Crippen LogP contribution in [0.25, 0.3) is 0 Å². The van der Waals surface area contributed by atoms with Crippen molar-refractivity contribution in [2.45, 2.75) is 31.6 Å². The summed E-state index contributed by atoms with van der Waals surface area (Å²) in [4.78, 5) is 27.0. The molecule has 2 heterocycles. The van der Waals surface area contributed by atoms with Crippen LogP contribution in [-0.4, -0.2) is 22.8 Å². The summed E-state index contributed by atoms with van der Waals surface area (Å²) < 4.78 is 38.3. The number of nitrogens with zero attached hydrogens (tertiary/aromatic N) is 1. The first-order valence-corrected chi connectivity index (χ1v) is 8.52. The van der Waals surface area contributed by atoms with E-state index in [4.69, 9.17) is 0 Å². The molecule has 8 heteroatoms. The van der Waals surface area contributed by atoms with E-state index in [1.807, 2.05) is 17.5 Å². The molecule has 2 amide bonds. The molecule has 1 N–H and O–H groups in total. The fourth-order valence-corrected chi connectivity index (χ4v) is 3.48. The first-order chi connectivity index (χ1) is 11.8. The maximum Gasteiger partial charge on any atom is 0.416 e. The molecule has 1 atom stereocenters. The number of amides is 2. The van der Waals surface area contributed by atoms with Gasteiger partial charge in [-0.25, -0.2) is 0 Å². The highest BCUT2D eigenvalue weighted by Crippen LogP contribution is 2.31. The summed E-state index contributed by atoms with van der Waals surface area (Å²) >= 11 is 1.48. The molecule has 0 unspecified atom stereocenters. The summed E-state index contributed by atoms with van der Waals surface area (Å²) in [6.07, 6.45) is -3.86. The maximum atomic E-state index is 12.8. The minimum absolute atomic E-state index is 0.0650. The number of nitrogens with one attached hydrogen (secondary N) is 1. The number of alkyl halides is 3. The summed E-state index contributed by atoms with van der Waals surface area (Å²) in [6, 6.07) is 7.52. The van der Waals surface area contributed by atoms with E-state index in [0.717, 1.165) is 17.0 Å². The number of rotatable bonds is 4. The number of hydrogen-bond acceptors (Lipinski definition) is 3. The number of halogens is 3. The quantitative estimate of drug-likeness (QED) is 0.890. The number of anilines is 1. The van der Waals surface area contributed by atoms with Gasteiger partial charge in [-0.15, -0.1) is 11.3 Å². The second-order valence-corrected chi connectivity index (χ2v) is 6.76. The number of hydrogen-bond donors (Lipinski definition) is 1. The second kappa shape index (κ2) is 6.87. The van der Waals surface area contributed by atoms with E-state index in [1.54, 1.807) is 0 Å². The maximum absolute atomic E-state index is 12.8. The van der Waals surface area contributed by atoms with E-state index < -0.39 is 23.7 Å². The Kier molecular flexibility index (Phi) is 4.80. The predicted octanol–water partition coefficient (Wildman–Crippen LogP) is 3.90. The van der Waals surface area contributed by atoms with Crippen molar-refractivity contribution in [3.8, 4) is 0 Å². The van der Waals surface area contributed by atoms with Crippen LogP contribution in [0.4, 0.5) is 18.9 Å². The third-order valence-electron chi connectivity index (χ3n) is 3.99. The molecule has 1 aliphatic heterocycles. The zero-order valence-corrected chi connectivity index (χ0v) is 13.9. The lowest BCUT2D eigenvalue weighted by Gasteiger charge is -2.23. The van der Waals surface area contributed by atoms with Crippen LogP contribution >= 0.6 is 11.3 Å². The van der Waals surface area contributed by atoms with E-state index in [9.17, 15) is 22.8 Å². The molecule has 0 radical (unpaired) electrons. The summed E-state index contributed by atoms with van der Waals surface area (Å²) in [6.45, 7) is 0.331. The van der Waals surface area contributed by atoms with Crippen LogP contribution in [0.5, 0.6) is 0 Å². The lowest BCUT2D eigenvalue weighted by Crippen LogP contribution is -2.41. The van der Waals surface area contributed by atoms with Crippen LogP contribution in [0.15, 0.2) is 41.8 Å². The molecule has 3 rings (SSSR count). The average Bonchev–Trinajstić information content (AvgIpc) is 3.18. The zero-order chi connectivity index (χ0) is 18.0. The topological polar surface area (TPSA) is 49.4 Å². The minimum Gasteiger partial charge on any atom is -0.326 e. The van der Waals surface area contributed by atoms with E-state index >= 15 is 0 Å². The number of likely N-dealkylation sites (tertiary alicyclic amines) is 1. The molecule has 0 bridgehead atoms. The third kappa shape index (κ3) is 4.01. The van der Waals surface area contributed by atoms with Gasteiger partial charge in [0.05, 0.1) is 12.1 Å². The molecule has 1 saturated heterocycles. The van der Waals surface area contributed by atoms with Crippen LogP contribution in [0.1, 0.15) is 23.3 Å². The van der Waals surface area contributed by atoms with Gasteiger partial charge in [-0.1, -0.05) is 12.1 Å². The van der Waals surface area contributed by atoms with Crippen molar-refractivity contribution in [1.29, 1.82) is 0 Å². The Balaban J connectivity index is 1.73. The summed E-state index contributed by atoms with van der Waals surface area (Å²) in [5.41, 5.74) is -0.765. The molecule has 2 aromatic rings. The van der Waals surface area contributed by atoms with Crippen LogP contribution in [0.2, 0.25) is 0 Å². The van der Waals surface area contributed by atoms with Gasteiger partial charge in [0.2, 0.25) is 11.8 Å².